The highest BCUT2D eigenvalue weighted by Crippen LogP contribution is 2.34. The summed E-state index contributed by atoms with van der Waals surface area (Å²) in [6.07, 6.45) is -5.18. The van der Waals surface area contributed by atoms with Crippen LogP contribution in [0, 0.1) is 0 Å². The van der Waals surface area contributed by atoms with Crippen molar-refractivity contribution in [2.24, 2.45) is 0 Å². The van der Waals surface area contributed by atoms with E-state index in [2.05, 4.69) is 15.2 Å². The lowest BCUT2D eigenvalue weighted by Crippen LogP contribution is -2.14. The van der Waals surface area contributed by atoms with Crippen molar-refractivity contribution >= 4 is 6.09 Å². The molecule has 0 bridgehead atoms. The summed E-state index contributed by atoms with van der Waals surface area (Å²) in [5.74, 6) is 0. The number of hydrogen-bond acceptors (Lipinski definition) is 3. The molecule has 5 nitrogen and oxygen atoms in total. The second kappa shape index (κ2) is 3.14. The number of ether oxygens (including phenoxy) is 1. The van der Waals surface area contributed by atoms with Crippen LogP contribution in [0.4, 0.5) is 18.0 Å². The van der Waals surface area contributed by atoms with Crippen molar-refractivity contribution in [2.45, 2.75) is 12.3 Å². The van der Waals surface area contributed by atoms with Crippen LogP contribution in [0.1, 0.15) is 17.4 Å². The van der Waals surface area contributed by atoms with Crippen molar-refractivity contribution in [3.05, 3.63) is 17.5 Å². The molecule has 1 aromatic rings. The molecule has 1 aliphatic heterocycles. The number of rotatable bonds is 1. The first-order valence-electron chi connectivity index (χ1n) is 4.03. The number of carbonyl (C=O) groups is 1. The number of aromatic amines is 1. The van der Waals surface area contributed by atoms with Gasteiger partial charge in [-0.2, -0.15) is 18.3 Å². The quantitative estimate of drug-likeness (QED) is 0.748. The van der Waals surface area contributed by atoms with Crippen molar-refractivity contribution in [1.29, 1.82) is 0 Å². The number of halogens is 3. The summed E-state index contributed by atoms with van der Waals surface area (Å²) in [4.78, 5) is 10.7. The van der Waals surface area contributed by atoms with E-state index in [-0.39, 0.29) is 12.1 Å². The normalized spacial score (nSPS) is 21.3. The summed E-state index contributed by atoms with van der Waals surface area (Å²) >= 11 is 0. The highest BCUT2D eigenvalue weighted by atomic mass is 19.4. The van der Waals surface area contributed by atoms with Crippen LogP contribution in [0.25, 0.3) is 0 Å². The minimum atomic E-state index is -4.53. The molecule has 0 radical (unpaired) electrons. The SMILES string of the molecule is O=C1NCC(c2cn[nH]c2C(F)(F)F)O1. The van der Waals surface area contributed by atoms with Crippen LogP contribution >= 0.6 is 0 Å². The van der Waals surface area contributed by atoms with Gasteiger partial charge in [0.25, 0.3) is 0 Å². The standard InChI is InChI=1S/C7H6F3N3O2/c8-7(9,10)5-3(1-12-13-5)4-2-11-6(14)15-4/h1,4H,2H2,(H,11,14)(H,12,13). The number of cyclic esters (lactones) is 1. The molecule has 1 fully saturated rings. The Kier molecular flexibility index (Phi) is 2.06. The fraction of sp³-hybridized carbons (Fsp3) is 0.429. The monoisotopic (exact) mass is 221 g/mol. The lowest BCUT2D eigenvalue weighted by molar-refractivity contribution is -0.142. The van der Waals surface area contributed by atoms with Crippen LogP contribution in [0.2, 0.25) is 0 Å². The van der Waals surface area contributed by atoms with Gasteiger partial charge >= 0.3 is 12.3 Å². The first kappa shape index (κ1) is 9.81. The van der Waals surface area contributed by atoms with Gasteiger partial charge in [-0.1, -0.05) is 0 Å². The van der Waals surface area contributed by atoms with E-state index in [0.29, 0.717) is 0 Å². The van der Waals surface area contributed by atoms with Crippen LogP contribution < -0.4 is 5.32 Å². The van der Waals surface area contributed by atoms with E-state index in [1.165, 1.54) is 0 Å². The summed E-state index contributed by atoms with van der Waals surface area (Å²) in [6.45, 7) is 0.0153. The highest BCUT2D eigenvalue weighted by molar-refractivity contribution is 5.69. The molecule has 1 aliphatic rings. The van der Waals surface area contributed by atoms with Gasteiger partial charge in [-0.05, 0) is 0 Å². The molecule has 0 spiro atoms. The minimum absolute atomic E-state index is 0.0153. The van der Waals surface area contributed by atoms with Crippen molar-refractivity contribution in [1.82, 2.24) is 15.5 Å². The number of amides is 1. The van der Waals surface area contributed by atoms with Crippen LogP contribution in [0.15, 0.2) is 6.20 Å². The maximum Gasteiger partial charge on any atom is 0.433 e. The molecule has 2 heterocycles. The number of aromatic nitrogens is 2. The zero-order valence-corrected chi connectivity index (χ0v) is 7.26. The number of alkyl carbamates (subject to hydrolysis) is 1. The van der Waals surface area contributed by atoms with E-state index in [9.17, 15) is 18.0 Å². The Bertz CT molecular complexity index is 387. The number of carbonyl (C=O) groups excluding carboxylic acids is 1. The summed E-state index contributed by atoms with van der Waals surface area (Å²) < 4.78 is 41.8. The average molecular weight is 221 g/mol. The molecule has 15 heavy (non-hydrogen) atoms. The third-order valence-corrected chi connectivity index (χ3v) is 1.98. The van der Waals surface area contributed by atoms with Crippen molar-refractivity contribution < 1.29 is 22.7 Å². The molecule has 1 aromatic heterocycles. The van der Waals surface area contributed by atoms with Crippen molar-refractivity contribution in [2.75, 3.05) is 6.54 Å². The van der Waals surface area contributed by atoms with Crippen molar-refractivity contribution in [3.8, 4) is 0 Å². The predicted molar refractivity (Wildman–Crippen MR) is 40.8 cm³/mol. The molecule has 0 saturated carbocycles. The van der Waals surface area contributed by atoms with E-state index in [1.807, 2.05) is 5.10 Å². The summed E-state index contributed by atoms with van der Waals surface area (Å²) in [5.41, 5.74) is -1.15. The van der Waals surface area contributed by atoms with Crippen molar-refractivity contribution in [3.63, 3.8) is 0 Å². The van der Waals surface area contributed by atoms with E-state index in [4.69, 9.17) is 0 Å². The number of nitrogens with one attached hydrogen (secondary N) is 2. The average Bonchev–Trinajstić information content (AvgIpc) is 2.68. The fourth-order valence-electron chi connectivity index (χ4n) is 1.33. The third-order valence-electron chi connectivity index (χ3n) is 1.98. The number of alkyl halides is 3. The van der Waals surface area contributed by atoms with Gasteiger partial charge in [0.2, 0.25) is 0 Å². The summed E-state index contributed by atoms with van der Waals surface area (Å²) in [7, 11) is 0. The Morgan fingerprint density at radius 2 is 2.27 bits per heavy atom. The first-order chi connectivity index (χ1) is 6.98. The fourth-order valence-corrected chi connectivity index (χ4v) is 1.33. The van der Waals surface area contributed by atoms with Gasteiger partial charge < -0.3 is 10.1 Å². The Hall–Kier alpha value is -1.73. The molecular weight excluding hydrogens is 215 g/mol. The zero-order valence-electron chi connectivity index (χ0n) is 7.26. The first-order valence-corrected chi connectivity index (χ1v) is 4.03. The molecule has 1 atom stereocenters. The van der Waals surface area contributed by atoms with Gasteiger partial charge in [0, 0.05) is 5.56 Å². The van der Waals surface area contributed by atoms with Gasteiger partial charge in [0.1, 0.15) is 11.8 Å². The lowest BCUT2D eigenvalue weighted by Gasteiger charge is -2.10. The van der Waals surface area contributed by atoms with E-state index in [1.54, 1.807) is 0 Å². The Balaban J connectivity index is 2.29. The highest BCUT2D eigenvalue weighted by Gasteiger charge is 2.39. The van der Waals surface area contributed by atoms with Crippen LogP contribution in [-0.2, 0) is 10.9 Å². The molecule has 0 aromatic carbocycles. The lowest BCUT2D eigenvalue weighted by atomic mass is 10.1. The third kappa shape index (κ3) is 1.74. The Morgan fingerprint density at radius 1 is 1.53 bits per heavy atom. The van der Waals surface area contributed by atoms with E-state index in [0.717, 1.165) is 6.20 Å². The molecule has 1 unspecified atom stereocenters. The van der Waals surface area contributed by atoms with Gasteiger partial charge in [0.05, 0.1) is 12.7 Å². The Labute approximate surface area is 81.6 Å². The second-order valence-corrected chi connectivity index (χ2v) is 2.97. The Morgan fingerprint density at radius 3 is 2.80 bits per heavy atom. The molecule has 2 rings (SSSR count). The van der Waals surface area contributed by atoms with E-state index >= 15 is 0 Å². The molecule has 82 valence electrons. The second-order valence-electron chi connectivity index (χ2n) is 2.97. The number of H-pyrrole nitrogens is 1. The molecule has 2 N–H and O–H groups in total. The van der Waals surface area contributed by atoms with Crippen LogP contribution in [-0.4, -0.2) is 22.8 Å². The van der Waals surface area contributed by atoms with Crippen LogP contribution in [0.5, 0.6) is 0 Å². The van der Waals surface area contributed by atoms with E-state index < -0.39 is 24.1 Å². The topological polar surface area (TPSA) is 67.0 Å². The number of hydrogen-bond donors (Lipinski definition) is 2. The summed E-state index contributed by atoms with van der Waals surface area (Å²) in [5, 5.41) is 7.40. The smallest absolute Gasteiger partial charge is 0.433 e. The molecule has 1 saturated heterocycles. The molecular formula is C7H6F3N3O2. The molecule has 1 amide bonds. The molecule has 8 heteroatoms. The van der Waals surface area contributed by atoms with Gasteiger partial charge in [-0.25, -0.2) is 4.79 Å². The largest absolute Gasteiger partial charge is 0.439 e. The molecule has 0 aliphatic carbocycles. The maximum atomic E-state index is 12.4. The minimum Gasteiger partial charge on any atom is -0.439 e. The van der Waals surface area contributed by atoms with Crippen LogP contribution in [0.3, 0.4) is 0 Å². The maximum absolute atomic E-state index is 12.4. The van der Waals surface area contributed by atoms with Gasteiger partial charge in [0.15, 0.2) is 0 Å². The van der Waals surface area contributed by atoms with Gasteiger partial charge in [-0.15, -0.1) is 0 Å². The number of nitrogens with zero attached hydrogens (tertiary/aromatic N) is 1. The van der Waals surface area contributed by atoms with Gasteiger partial charge in [-0.3, -0.25) is 5.10 Å². The zero-order chi connectivity index (χ0) is 11.1. The summed E-state index contributed by atoms with van der Waals surface area (Å²) in [6, 6.07) is 0. The predicted octanol–water partition coefficient (Wildman–Crippen LogP) is 1.21.